The van der Waals surface area contributed by atoms with Gasteiger partial charge in [0.05, 0.1) is 0 Å². The molecule has 2 aromatic rings. The third-order valence-corrected chi connectivity index (χ3v) is 3.65. The van der Waals surface area contributed by atoms with E-state index in [1.807, 2.05) is 6.07 Å². The quantitative estimate of drug-likeness (QED) is 0.409. The van der Waals surface area contributed by atoms with Crippen LogP contribution in [0.25, 0.3) is 5.70 Å². The zero-order valence-electron chi connectivity index (χ0n) is 11.7. The maximum absolute atomic E-state index is 12.1. The van der Waals surface area contributed by atoms with E-state index in [9.17, 15) is 15.1 Å². The van der Waals surface area contributed by atoms with Crippen molar-refractivity contribution in [3.8, 4) is 0 Å². The Bertz CT molecular complexity index is 768. The monoisotopic (exact) mass is 294 g/mol. The highest BCUT2D eigenvalue weighted by Gasteiger charge is 2.35. The van der Waals surface area contributed by atoms with Crippen molar-refractivity contribution >= 4 is 17.7 Å². The van der Waals surface area contributed by atoms with Crippen molar-refractivity contribution in [3.05, 3.63) is 77.0 Å². The molecule has 5 nitrogen and oxygen atoms in total. The van der Waals surface area contributed by atoms with E-state index >= 15 is 0 Å². The number of hydrogen-bond acceptors (Lipinski definition) is 4. The molecule has 3 rings (SSSR count). The van der Waals surface area contributed by atoms with Gasteiger partial charge in [-0.05, 0) is 6.08 Å². The minimum absolute atomic E-state index is 0.0922. The number of carbonyl (C=O) groups excluding carboxylic acids is 1. The van der Waals surface area contributed by atoms with Gasteiger partial charge in [0.25, 0.3) is 0 Å². The van der Waals surface area contributed by atoms with Gasteiger partial charge in [-0.2, -0.15) is 0 Å². The van der Waals surface area contributed by atoms with Crippen molar-refractivity contribution in [2.24, 2.45) is 5.11 Å². The molecule has 0 amide bonds. The van der Waals surface area contributed by atoms with E-state index in [2.05, 4.69) is 5.11 Å². The topological polar surface area (TPSA) is 75.7 Å². The zero-order chi connectivity index (χ0) is 15.6. The molecule has 1 N–H and O–H groups in total. The fourth-order valence-corrected chi connectivity index (χ4v) is 2.47. The van der Waals surface area contributed by atoms with Crippen molar-refractivity contribution in [3.63, 3.8) is 0 Å². The molecule has 0 radical (unpaired) electrons. The average molecular weight is 294 g/mol. The molecule has 1 aliphatic rings. The smallest absolute Gasteiger partial charge is 0.244 e. The van der Waals surface area contributed by atoms with Gasteiger partial charge in [0.15, 0.2) is 6.29 Å². The molecule has 0 heterocycles. The highest BCUT2D eigenvalue weighted by molar-refractivity contribution is 5.78. The van der Waals surface area contributed by atoms with Crippen LogP contribution in [0.2, 0.25) is 0 Å². The van der Waals surface area contributed by atoms with Crippen molar-refractivity contribution in [2.75, 3.05) is 0 Å². The first kappa shape index (κ1) is 14.2. The highest BCUT2D eigenvalue weighted by Crippen LogP contribution is 2.37. The standard InChI is InChI=1S/C17H14N2O3/c20-12-17(21)11-10-16(14-8-4-5-9-15(14)17)18-19(22)13-6-2-1-3-7-13/h1-10,12,21H,11H2. The molecule has 110 valence electrons. The molecule has 0 saturated carbocycles. The summed E-state index contributed by atoms with van der Waals surface area (Å²) in [5.74, 6) is 0. The second kappa shape index (κ2) is 5.54. The molecule has 0 bridgehead atoms. The van der Waals surface area contributed by atoms with Gasteiger partial charge >= 0.3 is 0 Å². The summed E-state index contributed by atoms with van der Waals surface area (Å²) in [7, 11) is 0. The number of aliphatic hydroxyl groups is 1. The lowest BCUT2D eigenvalue weighted by Crippen LogP contribution is -2.30. The number of carbonyl (C=O) groups is 1. The minimum atomic E-state index is -1.56. The zero-order valence-corrected chi connectivity index (χ0v) is 11.7. The lowest BCUT2D eigenvalue weighted by atomic mass is 9.83. The average Bonchev–Trinajstić information content (AvgIpc) is 2.58. The molecule has 22 heavy (non-hydrogen) atoms. The van der Waals surface area contributed by atoms with Gasteiger partial charge in [-0.15, -0.1) is 0 Å². The summed E-state index contributed by atoms with van der Waals surface area (Å²) in [6.07, 6.45) is 2.21. The first-order valence-electron chi connectivity index (χ1n) is 6.87. The largest absolute Gasteiger partial charge is 0.594 e. The third kappa shape index (κ3) is 2.42. The van der Waals surface area contributed by atoms with E-state index in [1.54, 1.807) is 54.6 Å². The van der Waals surface area contributed by atoms with Crippen molar-refractivity contribution in [1.82, 2.24) is 0 Å². The Hall–Kier alpha value is -2.79. The summed E-state index contributed by atoms with van der Waals surface area (Å²) >= 11 is 0. The van der Waals surface area contributed by atoms with E-state index in [4.69, 9.17) is 0 Å². The van der Waals surface area contributed by atoms with Crippen molar-refractivity contribution in [1.29, 1.82) is 0 Å². The van der Waals surface area contributed by atoms with Crippen LogP contribution in [0.15, 0.2) is 65.8 Å². The van der Waals surface area contributed by atoms with Gasteiger partial charge in [-0.3, -0.25) is 4.79 Å². The molecule has 1 atom stereocenters. The number of benzene rings is 2. The molecule has 1 unspecified atom stereocenters. The SMILES string of the molecule is O=CC1(O)CC=C(N=[N+]([O-])c2ccccc2)c2ccccc21. The van der Waals surface area contributed by atoms with E-state index in [0.717, 1.165) is 0 Å². The summed E-state index contributed by atoms with van der Waals surface area (Å²) in [6, 6.07) is 15.6. The maximum atomic E-state index is 12.1. The summed E-state index contributed by atoms with van der Waals surface area (Å²) in [4.78, 5) is 11.7. The predicted molar refractivity (Wildman–Crippen MR) is 81.2 cm³/mol. The van der Waals surface area contributed by atoms with Crippen LogP contribution in [0.4, 0.5) is 5.69 Å². The molecule has 0 aromatic heterocycles. The Morgan fingerprint density at radius 1 is 1.14 bits per heavy atom. The normalized spacial score (nSPS) is 21.0. The molecular weight excluding hydrogens is 280 g/mol. The number of para-hydroxylation sites is 1. The van der Waals surface area contributed by atoms with E-state index in [1.165, 1.54) is 0 Å². The van der Waals surface area contributed by atoms with Gasteiger partial charge in [0, 0.05) is 34.8 Å². The van der Waals surface area contributed by atoms with E-state index < -0.39 is 5.60 Å². The third-order valence-electron chi connectivity index (χ3n) is 3.65. The van der Waals surface area contributed by atoms with Gasteiger partial charge < -0.3 is 10.3 Å². The summed E-state index contributed by atoms with van der Waals surface area (Å²) in [5.41, 5.74) is 0.349. The Balaban J connectivity index is 2.05. The van der Waals surface area contributed by atoms with Crippen LogP contribution in [0.5, 0.6) is 0 Å². The number of azo groups is 1. The number of rotatable bonds is 3. The van der Waals surface area contributed by atoms with Crippen LogP contribution in [0.1, 0.15) is 17.5 Å². The Morgan fingerprint density at radius 3 is 2.55 bits per heavy atom. The van der Waals surface area contributed by atoms with Crippen molar-refractivity contribution < 1.29 is 14.8 Å². The highest BCUT2D eigenvalue weighted by atomic mass is 16.5. The molecule has 1 aliphatic carbocycles. The summed E-state index contributed by atoms with van der Waals surface area (Å²) in [5, 5.41) is 26.5. The fraction of sp³-hybridized carbons (Fsp3) is 0.118. The van der Waals surface area contributed by atoms with Crippen LogP contribution in [-0.4, -0.2) is 16.3 Å². The molecule has 0 fully saturated rings. The van der Waals surface area contributed by atoms with E-state index in [0.29, 0.717) is 33.7 Å². The predicted octanol–water partition coefficient (Wildman–Crippen LogP) is 3.11. The van der Waals surface area contributed by atoms with Crippen LogP contribution >= 0.6 is 0 Å². The summed E-state index contributed by atoms with van der Waals surface area (Å²) in [6.45, 7) is 0. The van der Waals surface area contributed by atoms with Gasteiger partial charge in [-0.25, -0.2) is 0 Å². The molecule has 0 aliphatic heterocycles. The Morgan fingerprint density at radius 2 is 1.82 bits per heavy atom. The lowest BCUT2D eigenvalue weighted by molar-refractivity contribution is -0.434. The second-order valence-corrected chi connectivity index (χ2v) is 5.09. The minimum Gasteiger partial charge on any atom is -0.594 e. The van der Waals surface area contributed by atoms with Gasteiger partial charge in [-0.1, -0.05) is 47.3 Å². The van der Waals surface area contributed by atoms with Crippen molar-refractivity contribution in [2.45, 2.75) is 12.0 Å². The number of hydrogen-bond donors (Lipinski definition) is 1. The van der Waals surface area contributed by atoms with Crippen LogP contribution < -0.4 is 0 Å². The lowest BCUT2D eigenvalue weighted by Gasteiger charge is -2.27. The number of nitrogens with zero attached hydrogens (tertiary/aromatic N) is 2. The first-order valence-corrected chi connectivity index (χ1v) is 6.87. The number of aldehydes is 1. The molecule has 2 aromatic carbocycles. The number of fused-ring (bicyclic) bond motifs is 1. The van der Waals surface area contributed by atoms with Crippen LogP contribution in [0, 0.1) is 5.21 Å². The molecular formula is C17H14N2O3. The molecule has 5 heteroatoms. The Kier molecular flexibility index (Phi) is 3.56. The molecule has 0 saturated heterocycles. The second-order valence-electron chi connectivity index (χ2n) is 5.09. The van der Waals surface area contributed by atoms with Crippen LogP contribution in [-0.2, 0) is 10.4 Å². The van der Waals surface area contributed by atoms with Crippen LogP contribution in [0.3, 0.4) is 0 Å². The van der Waals surface area contributed by atoms with E-state index in [-0.39, 0.29) is 6.42 Å². The van der Waals surface area contributed by atoms with Gasteiger partial charge in [0.1, 0.15) is 11.3 Å². The Labute approximate surface area is 127 Å². The first-order chi connectivity index (χ1) is 10.6. The summed E-state index contributed by atoms with van der Waals surface area (Å²) < 4.78 is 0. The maximum Gasteiger partial charge on any atom is 0.244 e. The van der Waals surface area contributed by atoms with Gasteiger partial charge in [0.2, 0.25) is 5.69 Å². The molecule has 0 spiro atoms. The fourth-order valence-electron chi connectivity index (χ4n) is 2.47.